The molecule has 2 atom stereocenters. The Morgan fingerprint density at radius 2 is 2.47 bits per heavy atom. The molecule has 4 heteroatoms. The molecular formula is C11H15ClN2O. The van der Waals surface area contributed by atoms with Gasteiger partial charge in [-0.25, -0.2) is 0 Å². The molecule has 2 heterocycles. The van der Waals surface area contributed by atoms with Gasteiger partial charge in [0.05, 0.1) is 29.1 Å². The van der Waals surface area contributed by atoms with Gasteiger partial charge in [0.1, 0.15) is 0 Å². The first kappa shape index (κ1) is 10.7. The van der Waals surface area contributed by atoms with Gasteiger partial charge in [0.2, 0.25) is 0 Å². The Kier molecular flexibility index (Phi) is 3.44. The number of aromatic nitrogens is 1. The van der Waals surface area contributed by atoms with Crippen LogP contribution in [0.25, 0.3) is 0 Å². The van der Waals surface area contributed by atoms with Crippen molar-refractivity contribution in [3.05, 3.63) is 23.5 Å². The maximum Gasteiger partial charge on any atom is 0.0751 e. The third-order valence-corrected chi connectivity index (χ3v) is 2.94. The summed E-state index contributed by atoms with van der Waals surface area (Å²) in [5, 5.41) is 3.96. The smallest absolute Gasteiger partial charge is 0.0751 e. The monoisotopic (exact) mass is 226 g/mol. The molecule has 3 nitrogen and oxygen atoms in total. The Morgan fingerprint density at radius 3 is 3.13 bits per heavy atom. The van der Waals surface area contributed by atoms with E-state index in [1.165, 1.54) is 0 Å². The minimum absolute atomic E-state index is 0.302. The van der Waals surface area contributed by atoms with Crippen molar-refractivity contribution in [2.24, 2.45) is 0 Å². The molecule has 0 bridgehead atoms. The van der Waals surface area contributed by atoms with Crippen molar-refractivity contribution < 1.29 is 4.74 Å². The van der Waals surface area contributed by atoms with Crippen LogP contribution in [0.2, 0.25) is 5.02 Å². The zero-order valence-electron chi connectivity index (χ0n) is 8.74. The van der Waals surface area contributed by atoms with E-state index in [1.54, 1.807) is 18.5 Å². The third-order valence-electron chi connectivity index (χ3n) is 2.61. The van der Waals surface area contributed by atoms with Crippen LogP contribution in [0.15, 0.2) is 18.5 Å². The summed E-state index contributed by atoms with van der Waals surface area (Å²) in [7, 11) is 0. The fourth-order valence-corrected chi connectivity index (χ4v) is 1.94. The summed E-state index contributed by atoms with van der Waals surface area (Å²) in [4.78, 5) is 4.02. The number of halogens is 1. The topological polar surface area (TPSA) is 34.2 Å². The molecule has 1 aliphatic rings. The van der Waals surface area contributed by atoms with Crippen molar-refractivity contribution in [2.75, 3.05) is 11.9 Å². The molecule has 0 radical (unpaired) electrons. The Morgan fingerprint density at radius 1 is 1.60 bits per heavy atom. The standard InChI is InChI=1S/C11H15ClN2O/c1-8-2-3-9(15-8)6-14-11-7-13-5-4-10(11)12/h4-5,7-9,14H,2-3,6H2,1H3. The molecule has 1 aromatic rings. The normalized spacial score (nSPS) is 25.5. The van der Waals surface area contributed by atoms with Crippen LogP contribution in [-0.2, 0) is 4.74 Å². The van der Waals surface area contributed by atoms with Gasteiger partial charge in [0, 0.05) is 12.7 Å². The van der Waals surface area contributed by atoms with E-state index >= 15 is 0 Å². The summed E-state index contributed by atoms with van der Waals surface area (Å²) in [6, 6.07) is 1.78. The Balaban J connectivity index is 1.86. The largest absolute Gasteiger partial charge is 0.380 e. The van der Waals surface area contributed by atoms with Gasteiger partial charge in [-0.1, -0.05) is 11.6 Å². The molecule has 1 N–H and O–H groups in total. The highest BCUT2D eigenvalue weighted by atomic mass is 35.5. The summed E-state index contributed by atoms with van der Waals surface area (Å²) in [5.41, 5.74) is 0.877. The first-order valence-electron chi connectivity index (χ1n) is 5.24. The van der Waals surface area contributed by atoms with Crippen LogP contribution in [0.1, 0.15) is 19.8 Å². The van der Waals surface area contributed by atoms with Gasteiger partial charge in [-0.3, -0.25) is 4.98 Å². The second-order valence-corrected chi connectivity index (χ2v) is 4.29. The number of nitrogens with zero attached hydrogens (tertiary/aromatic N) is 1. The zero-order valence-corrected chi connectivity index (χ0v) is 9.50. The maximum atomic E-state index is 6.00. The number of rotatable bonds is 3. The first-order valence-corrected chi connectivity index (χ1v) is 5.62. The molecule has 1 saturated heterocycles. The molecule has 0 aromatic carbocycles. The van der Waals surface area contributed by atoms with E-state index in [0.29, 0.717) is 17.2 Å². The van der Waals surface area contributed by atoms with Crippen LogP contribution in [0.5, 0.6) is 0 Å². The van der Waals surface area contributed by atoms with Gasteiger partial charge in [-0.05, 0) is 25.8 Å². The van der Waals surface area contributed by atoms with E-state index in [4.69, 9.17) is 16.3 Å². The van der Waals surface area contributed by atoms with E-state index in [0.717, 1.165) is 25.1 Å². The van der Waals surface area contributed by atoms with Gasteiger partial charge in [0.25, 0.3) is 0 Å². The van der Waals surface area contributed by atoms with E-state index < -0.39 is 0 Å². The van der Waals surface area contributed by atoms with E-state index in [9.17, 15) is 0 Å². The molecule has 1 aromatic heterocycles. The van der Waals surface area contributed by atoms with Crippen molar-refractivity contribution >= 4 is 17.3 Å². The van der Waals surface area contributed by atoms with Crippen LogP contribution >= 0.6 is 11.6 Å². The molecule has 0 spiro atoms. The summed E-state index contributed by atoms with van der Waals surface area (Å²) in [6.45, 7) is 2.91. The zero-order chi connectivity index (χ0) is 10.7. The molecule has 2 rings (SSSR count). The number of anilines is 1. The maximum absolute atomic E-state index is 6.00. The SMILES string of the molecule is CC1CCC(CNc2cnccc2Cl)O1. The second-order valence-electron chi connectivity index (χ2n) is 3.88. The molecule has 1 aliphatic heterocycles. The second kappa shape index (κ2) is 4.81. The average molecular weight is 227 g/mol. The van der Waals surface area contributed by atoms with Gasteiger partial charge in [-0.2, -0.15) is 0 Å². The van der Waals surface area contributed by atoms with Crippen LogP contribution in [0.4, 0.5) is 5.69 Å². The van der Waals surface area contributed by atoms with Gasteiger partial charge >= 0.3 is 0 Å². The summed E-state index contributed by atoms with van der Waals surface area (Å²) in [5.74, 6) is 0. The Hall–Kier alpha value is -0.800. The van der Waals surface area contributed by atoms with Crippen molar-refractivity contribution in [1.82, 2.24) is 4.98 Å². The fraction of sp³-hybridized carbons (Fsp3) is 0.545. The third kappa shape index (κ3) is 2.83. The van der Waals surface area contributed by atoms with Gasteiger partial charge < -0.3 is 10.1 Å². The highest BCUT2D eigenvalue weighted by Crippen LogP contribution is 2.22. The van der Waals surface area contributed by atoms with Crippen LogP contribution in [0, 0.1) is 0 Å². The molecule has 2 unspecified atom stereocenters. The van der Waals surface area contributed by atoms with Crippen LogP contribution < -0.4 is 5.32 Å². The predicted octanol–water partition coefficient (Wildman–Crippen LogP) is 2.71. The lowest BCUT2D eigenvalue weighted by molar-refractivity contribution is 0.0637. The highest BCUT2D eigenvalue weighted by Gasteiger charge is 2.21. The molecule has 15 heavy (non-hydrogen) atoms. The van der Waals surface area contributed by atoms with Crippen LogP contribution in [-0.4, -0.2) is 23.7 Å². The quantitative estimate of drug-likeness (QED) is 0.861. The molecule has 82 valence electrons. The van der Waals surface area contributed by atoms with Crippen molar-refractivity contribution in [2.45, 2.75) is 32.0 Å². The lowest BCUT2D eigenvalue weighted by Gasteiger charge is -2.13. The highest BCUT2D eigenvalue weighted by molar-refractivity contribution is 6.33. The fourth-order valence-electron chi connectivity index (χ4n) is 1.77. The summed E-state index contributed by atoms with van der Waals surface area (Å²) in [6.07, 6.45) is 6.37. The molecule has 0 amide bonds. The number of nitrogens with one attached hydrogen (secondary N) is 1. The van der Waals surface area contributed by atoms with Gasteiger partial charge in [-0.15, -0.1) is 0 Å². The summed E-state index contributed by atoms with van der Waals surface area (Å²) >= 11 is 6.00. The molecule has 0 saturated carbocycles. The first-order chi connectivity index (χ1) is 7.25. The van der Waals surface area contributed by atoms with E-state index in [2.05, 4.69) is 17.2 Å². The lowest BCUT2D eigenvalue weighted by atomic mass is 10.2. The minimum atomic E-state index is 0.302. The minimum Gasteiger partial charge on any atom is -0.380 e. The van der Waals surface area contributed by atoms with Gasteiger partial charge in [0.15, 0.2) is 0 Å². The van der Waals surface area contributed by atoms with E-state index in [1.807, 2.05) is 0 Å². The van der Waals surface area contributed by atoms with Crippen molar-refractivity contribution in [1.29, 1.82) is 0 Å². The lowest BCUT2D eigenvalue weighted by Crippen LogP contribution is -2.19. The Bertz CT molecular complexity index is 332. The number of hydrogen-bond donors (Lipinski definition) is 1. The van der Waals surface area contributed by atoms with Crippen molar-refractivity contribution in [3.63, 3.8) is 0 Å². The molecule has 0 aliphatic carbocycles. The predicted molar refractivity (Wildman–Crippen MR) is 61.3 cm³/mol. The van der Waals surface area contributed by atoms with E-state index in [-0.39, 0.29) is 0 Å². The Labute approximate surface area is 94.8 Å². The molecular weight excluding hydrogens is 212 g/mol. The van der Waals surface area contributed by atoms with Crippen molar-refractivity contribution in [3.8, 4) is 0 Å². The molecule has 1 fully saturated rings. The average Bonchev–Trinajstić information content (AvgIpc) is 2.63. The number of ether oxygens (including phenoxy) is 1. The summed E-state index contributed by atoms with van der Waals surface area (Å²) < 4.78 is 5.70. The van der Waals surface area contributed by atoms with Crippen LogP contribution in [0.3, 0.4) is 0 Å². The number of hydrogen-bond acceptors (Lipinski definition) is 3. The number of pyridine rings is 1.